The van der Waals surface area contributed by atoms with Crippen LogP contribution >= 0.6 is 0 Å². The zero-order valence-corrected chi connectivity index (χ0v) is 19.5. The maximum atomic E-state index is 13.1. The minimum atomic E-state index is -0.648. The first-order valence-electron chi connectivity index (χ1n) is 11.8. The summed E-state index contributed by atoms with van der Waals surface area (Å²) in [7, 11) is 0. The van der Waals surface area contributed by atoms with Gasteiger partial charge in [-0.3, -0.25) is 9.59 Å². The Labute approximate surface area is 194 Å². The van der Waals surface area contributed by atoms with E-state index < -0.39 is 17.7 Å². The van der Waals surface area contributed by atoms with Crippen LogP contribution in [0.25, 0.3) is 5.76 Å². The number of aliphatic hydroxyl groups excluding tert-OH is 1. The Balaban J connectivity index is 1.76. The normalized spacial score (nSPS) is 21.2. The highest BCUT2D eigenvalue weighted by Crippen LogP contribution is 2.41. The van der Waals surface area contributed by atoms with Crippen molar-refractivity contribution in [2.45, 2.75) is 58.6 Å². The smallest absolute Gasteiger partial charge is 0.295 e. The Morgan fingerprint density at radius 1 is 1.12 bits per heavy atom. The third kappa shape index (κ3) is 4.47. The van der Waals surface area contributed by atoms with Crippen LogP contribution in [0, 0.1) is 0 Å². The summed E-state index contributed by atoms with van der Waals surface area (Å²) < 4.78 is 11.4. The Kier molecular flexibility index (Phi) is 6.72. The lowest BCUT2D eigenvalue weighted by molar-refractivity contribution is -0.139. The van der Waals surface area contributed by atoms with Crippen LogP contribution in [0.3, 0.4) is 0 Å². The molecule has 6 heteroatoms. The van der Waals surface area contributed by atoms with E-state index in [4.69, 9.17) is 9.47 Å². The van der Waals surface area contributed by atoms with E-state index in [2.05, 4.69) is 0 Å². The van der Waals surface area contributed by atoms with Gasteiger partial charge in [0.05, 0.1) is 18.2 Å². The molecule has 0 saturated carbocycles. The zero-order chi connectivity index (χ0) is 23.5. The molecule has 1 saturated heterocycles. The second-order valence-electron chi connectivity index (χ2n) is 8.72. The maximum Gasteiger partial charge on any atom is 0.295 e. The quantitative estimate of drug-likeness (QED) is 0.348. The van der Waals surface area contributed by atoms with Gasteiger partial charge in [0.1, 0.15) is 23.4 Å². The molecule has 2 heterocycles. The molecule has 4 rings (SSSR count). The van der Waals surface area contributed by atoms with Gasteiger partial charge < -0.3 is 19.5 Å². The molecule has 2 aromatic rings. The molecule has 174 valence electrons. The van der Waals surface area contributed by atoms with E-state index in [0.717, 1.165) is 48.3 Å². The lowest BCUT2D eigenvalue weighted by atomic mass is 9.94. The van der Waals surface area contributed by atoms with Crippen molar-refractivity contribution < 1.29 is 24.2 Å². The van der Waals surface area contributed by atoms with Crippen LogP contribution in [0.1, 0.15) is 62.8 Å². The van der Waals surface area contributed by atoms with Crippen molar-refractivity contribution in [2.75, 3.05) is 13.2 Å². The second kappa shape index (κ2) is 9.69. The lowest BCUT2D eigenvalue weighted by Crippen LogP contribution is -2.30. The summed E-state index contributed by atoms with van der Waals surface area (Å²) in [5, 5.41) is 11.3. The molecular weight excluding hydrogens is 418 g/mol. The zero-order valence-electron chi connectivity index (χ0n) is 19.5. The van der Waals surface area contributed by atoms with Gasteiger partial charge in [-0.15, -0.1) is 0 Å². The van der Waals surface area contributed by atoms with Crippen LogP contribution in [0.4, 0.5) is 0 Å². The number of nitrogens with zero attached hydrogens (tertiary/aromatic N) is 1. The van der Waals surface area contributed by atoms with Gasteiger partial charge in [-0.25, -0.2) is 0 Å². The molecule has 2 atom stereocenters. The molecule has 0 bridgehead atoms. The third-order valence-electron chi connectivity index (χ3n) is 6.13. The molecule has 2 aromatic carbocycles. The number of aliphatic hydroxyl groups is 1. The first-order valence-corrected chi connectivity index (χ1v) is 11.8. The molecule has 0 aromatic heterocycles. The van der Waals surface area contributed by atoms with Crippen molar-refractivity contribution in [3.8, 4) is 11.5 Å². The van der Waals surface area contributed by atoms with E-state index in [1.807, 2.05) is 57.2 Å². The SMILES string of the molecule is CCCCN1C(=O)C(=O)/C(=C(\O)c2ccc3c(c2)CC(C)O3)C1c1ccc(OCCC)cc1. The third-order valence-corrected chi connectivity index (χ3v) is 6.13. The van der Waals surface area contributed by atoms with Crippen LogP contribution < -0.4 is 9.47 Å². The molecule has 1 fully saturated rings. The average Bonchev–Trinajstić information content (AvgIpc) is 3.31. The Morgan fingerprint density at radius 3 is 2.58 bits per heavy atom. The number of amides is 1. The Hall–Kier alpha value is -3.28. The van der Waals surface area contributed by atoms with Crippen molar-refractivity contribution in [1.82, 2.24) is 4.90 Å². The predicted molar refractivity (Wildman–Crippen MR) is 126 cm³/mol. The molecule has 33 heavy (non-hydrogen) atoms. The minimum Gasteiger partial charge on any atom is -0.507 e. The topological polar surface area (TPSA) is 76.1 Å². The fraction of sp³-hybridized carbons (Fsp3) is 0.407. The maximum absolute atomic E-state index is 13.1. The molecule has 0 radical (unpaired) electrons. The fourth-order valence-corrected chi connectivity index (χ4v) is 4.48. The van der Waals surface area contributed by atoms with Crippen molar-refractivity contribution in [1.29, 1.82) is 0 Å². The summed E-state index contributed by atoms with van der Waals surface area (Å²) in [5.74, 6) is 0.163. The van der Waals surface area contributed by atoms with E-state index in [1.165, 1.54) is 0 Å². The minimum absolute atomic E-state index is 0.0745. The van der Waals surface area contributed by atoms with Crippen molar-refractivity contribution >= 4 is 17.4 Å². The van der Waals surface area contributed by atoms with Crippen molar-refractivity contribution in [2.24, 2.45) is 0 Å². The summed E-state index contributed by atoms with van der Waals surface area (Å²) in [6.45, 7) is 7.15. The van der Waals surface area contributed by atoms with E-state index in [1.54, 1.807) is 11.0 Å². The Bertz CT molecular complexity index is 1070. The highest BCUT2D eigenvalue weighted by Gasteiger charge is 2.45. The molecule has 6 nitrogen and oxygen atoms in total. The Morgan fingerprint density at radius 2 is 1.88 bits per heavy atom. The highest BCUT2D eigenvalue weighted by molar-refractivity contribution is 6.46. The predicted octanol–water partition coefficient (Wildman–Crippen LogP) is 5.02. The van der Waals surface area contributed by atoms with Gasteiger partial charge >= 0.3 is 0 Å². The van der Waals surface area contributed by atoms with Crippen LogP contribution in [0.2, 0.25) is 0 Å². The van der Waals surface area contributed by atoms with Crippen LogP contribution in [-0.2, 0) is 16.0 Å². The number of hydrogen-bond donors (Lipinski definition) is 1. The molecule has 2 aliphatic heterocycles. The molecule has 2 aliphatic rings. The summed E-state index contributed by atoms with van der Waals surface area (Å²) in [5.41, 5.74) is 2.41. The number of ketones is 1. The van der Waals surface area contributed by atoms with E-state index in [0.29, 0.717) is 18.7 Å². The van der Waals surface area contributed by atoms with Gasteiger partial charge in [-0.2, -0.15) is 0 Å². The number of unbranched alkanes of at least 4 members (excludes halogenated alkanes) is 1. The first-order chi connectivity index (χ1) is 15.9. The number of benzene rings is 2. The van der Waals surface area contributed by atoms with Crippen LogP contribution in [-0.4, -0.2) is 41.0 Å². The number of carbonyl (C=O) groups excluding carboxylic acids is 2. The number of fused-ring (bicyclic) bond motifs is 1. The lowest BCUT2D eigenvalue weighted by Gasteiger charge is -2.25. The molecule has 1 amide bonds. The van der Waals surface area contributed by atoms with E-state index in [9.17, 15) is 14.7 Å². The number of Topliss-reactive ketones (excluding diaryl/α,β-unsaturated/α-hetero) is 1. The van der Waals surface area contributed by atoms with Gasteiger partial charge in [-0.1, -0.05) is 32.4 Å². The highest BCUT2D eigenvalue weighted by atomic mass is 16.5. The van der Waals surface area contributed by atoms with Gasteiger partial charge in [0.25, 0.3) is 11.7 Å². The standard InChI is InChI=1S/C27H31NO5/c1-4-6-13-28-24(18-7-10-21(11-8-18)32-14-5-2)23(26(30)27(28)31)25(29)19-9-12-22-20(16-19)15-17(3)33-22/h7-12,16-17,24,29H,4-6,13-15H2,1-3H3/b25-23-. The summed E-state index contributed by atoms with van der Waals surface area (Å²) in [6, 6.07) is 12.2. The van der Waals surface area contributed by atoms with Gasteiger partial charge in [-0.05, 0) is 61.2 Å². The number of ether oxygens (including phenoxy) is 2. The van der Waals surface area contributed by atoms with Crippen LogP contribution in [0.15, 0.2) is 48.0 Å². The number of carbonyl (C=O) groups is 2. The molecule has 0 aliphatic carbocycles. The van der Waals surface area contributed by atoms with Gasteiger partial charge in [0.15, 0.2) is 0 Å². The monoisotopic (exact) mass is 449 g/mol. The second-order valence-corrected chi connectivity index (χ2v) is 8.72. The van der Waals surface area contributed by atoms with Crippen LogP contribution in [0.5, 0.6) is 11.5 Å². The molecule has 0 spiro atoms. The van der Waals surface area contributed by atoms with E-state index in [-0.39, 0.29) is 17.4 Å². The summed E-state index contributed by atoms with van der Waals surface area (Å²) in [6.07, 6.45) is 3.39. The fourth-order valence-electron chi connectivity index (χ4n) is 4.48. The molecule has 2 unspecified atom stereocenters. The molecular formula is C27H31NO5. The van der Waals surface area contributed by atoms with Gasteiger partial charge in [0.2, 0.25) is 0 Å². The summed E-state index contributed by atoms with van der Waals surface area (Å²) in [4.78, 5) is 27.7. The van der Waals surface area contributed by atoms with Gasteiger partial charge in [0, 0.05) is 18.5 Å². The first kappa shape index (κ1) is 22.9. The van der Waals surface area contributed by atoms with Crippen molar-refractivity contribution in [3.63, 3.8) is 0 Å². The van der Waals surface area contributed by atoms with E-state index >= 15 is 0 Å². The van der Waals surface area contributed by atoms with Crippen molar-refractivity contribution in [3.05, 3.63) is 64.7 Å². The average molecular weight is 450 g/mol. The number of rotatable bonds is 8. The summed E-state index contributed by atoms with van der Waals surface area (Å²) >= 11 is 0. The molecule has 1 N–H and O–H groups in total. The number of hydrogen-bond acceptors (Lipinski definition) is 5. The number of likely N-dealkylation sites (tertiary alicyclic amines) is 1. The largest absolute Gasteiger partial charge is 0.507 e.